The fourth-order valence-corrected chi connectivity index (χ4v) is 1.04. The van der Waals surface area contributed by atoms with Gasteiger partial charge in [-0.1, -0.05) is 13.8 Å². The van der Waals surface area contributed by atoms with Gasteiger partial charge in [0.2, 0.25) is 5.91 Å². The smallest absolute Gasteiger partial charge is 0.225 e. The molecule has 66 valence electrons. The zero-order chi connectivity index (χ0) is 8.85. The molecule has 0 heterocycles. The van der Waals surface area contributed by atoms with Gasteiger partial charge in [-0.15, -0.1) is 11.6 Å². The van der Waals surface area contributed by atoms with Crippen molar-refractivity contribution in [2.24, 2.45) is 5.92 Å². The van der Waals surface area contributed by atoms with Gasteiger partial charge < -0.3 is 4.90 Å². The third kappa shape index (κ3) is 3.61. The molecule has 0 aromatic rings. The van der Waals surface area contributed by atoms with E-state index >= 15 is 0 Å². The minimum Gasteiger partial charge on any atom is -0.344 e. The van der Waals surface area contributed by atoms with Crippen LogP contribution in [-0.2, 0) is 4.79 Å². The van der Waals surface area contributed by atoms with Crippen LogP contribution in [-0.4, -0.2) is 30.3 Å². The minimum absolute atomic E-state index is 0.128. The maximum atomic E-state index is 11.3. The predicted molar refractivity (Wildman–Crippen MR) is 47.8 cm³/mol. The SMILES string of the molecule is CCC(C)C(=O)N(C)CCCl. The molecule has 0 aliphatic rings. The Labute approximate surface area is 73.5 Å². The Bertz CT molecular complexity index is 127. The molecule has 0 bridgehead atoms. The molecule has 0 saturated heterocycles. The van der Waals surface area contributed by atoms with Crippen LogP contribution in [0.2, 0.25) is 0 Å². The molecule has 1 atom stereocenters. The summed E-state index contributed by atoms with van der Waals surface area (Å²) in [6.45, 7) is 4.59. The lowest BCUT2D eigenvalue weighted by Crippen LogP contribution is -2.32. The number of carbonyl (C=O) groups excluding carboxylic acids is 1. The van der Waals surface area contributed by atoms with Crippen molar-refractivity contribution >= 4 is 17.5 Å². The highest BCUT2D eigenvalue weighted by molar-refractivity contribution is 6.18. The fourth-order valence-electron chi connectivity index (χ4n) is 0.788. The fraction of sp³-hybridized carbons (Fsp3) is 0.875. The Morgan fingerprint density at radius 3 is 2.55 bits per heavy atom. The summed E-state index contributed by atoms with van der Waals surface area (Å²) < 4.78 is 0. The minimum atomic E-state index is 0.128. The second-order valence-corrected chi connectivity index (χ2v) is 3.14. The van der Waals surface area contributed by atoms with Gasteiger partial charge in [-0.3, -0.25) is 4.79 Å². The largest absolute Gasteiger partial charge is 0.344 e. The third-order valence-electron chi connectivity index (χ3n) is 1.83. The van der Waals surface area contributed by atoms with Gasteiger partial charge in [0.1, 0.15) is 0 Å². The molecule has 0 aliphatic heterocycles. The highest BCUT2D eigenvalue weighted by Crippen LogP contribution is 2.04. The normalized spacial score (nSPS) is 12.7. The average molecular weight is 178 g/mol. The molecule has 3 heteroatoms. The first kappa shape index (κ1) is 10.8. The van der Waals surface area contributed by atoms with E-state index in [9.17, 15) is 4.79 Å². The molecule has 11 heavy (non-hydrogen) atoms. The summed E-state index contributed by atoms with van der Waals surface area (Å²) in [6, 6.07) is 0. The second kappa shape index (κ2) is 5.42. The van der Waals surface area contributed by atoms with E-state index < -0.39 is 0 Å². The molecule has 2 nitrogen and oxygen atoms in total. The predicted octanol–water partition coefficient (Wildman–Crippen LogP) is 1.73. The monoisotopic (exact) mass is 177 g/mol. The first-order chi connectivity index (χ1) is 5.13. The maximum Gasteiger partial charge on any atom is 0.225 e. The van der Waals surface area contributed by atoms with Crippen LogP contribution in [0, 0.1) is 5.92 Å². The molecule has 0 saturated carbocycles. The van der Waals surface area contributed by atoms with Gasteiger partial charge in [0.25, 0.3) is 0 Å². The number of halogens is 1. The van der Waals surface area contributed by atoms with Crippen molar-refractivity contribution in [3.8, 4) is 0 Å². The summed E-state index contributed by atoms with van der Waals surface area (Å²) in [7, 11) is 1.79. The van der Waals surface area contributed by atoms with Crippen LogP contribution in [0.1, 0.15) is 20.3 Å². The molecule has 1 unspecified atom stereocenters. The van der Waals surface area contributed by atoms with Gasteiger partial charge in [0.15, 0.2) is 0 Å². The maximum absolute atomic E-state index is 11.3. The number of alkyl halides is 1. The highest BCUT2D eigenvalue weighted by Gasteiger charge is 2.14. The van der Waals surface area contributed by atoms with Crippen molar-refractivity contribution < 1.29 is 4.79 Å². The topological polar surface area (TPSA) is 20.3 Å². The number of hydrogen-bond donors (Lipinski definition) is 0. The molecule has 0 spiro atoms. The number of rotatable bonds is 4. The highest BCUT2D eigenvalue weighted by atomic mass is 35.5. The van der Waals surface area contributed by atoms with E-state index in [1.165, 1.54) is 0 Å². The summed E-state index contributed by atoms with van der Waals surface area (Å²) in [4.78, 5) is 13.0. The quantitative estimate of drug-likeness (QED) is 0.599. The summed E-state index contributed by atoms with van der Waals surface area (Å²) in [6.07, 6.45) is 0.894. The van der Waals surface area contributed by atoms with E-state index in [1.54, 1.807) is 11.9 Å². The van der Waals surface area contributed by atoms with E-state index in [4.69, 9.17) is 11.6 Å². The Hall–Kier alpha value is -0.240. The number of hydrogen-bond acceptors (Lipinski definition) is 1. The Morgan fingerprint density at radius 1 is 1.64 bits per heavy atom. The zero-order valence-corrected chi connectivity index (χ0v) is 8.19. The van der Waals surface area contributed by atoms with Gasteiger partial charge in [0, 0.05) is 25.4 Å². The molecular weight excluding hydrogens is 162 g/mol. The van der Waals surface area contributed by atoms with Crippen molar-refractivity contribution in [2.75, 3.05) is 19.5 Å². The molecule has 0 aromatic heterocycles. The molecular formula is C8H16ClNO. The number of carbonyl (C=O) groups is 1. The lowest BCUT2D eigenvalue weighted by molar-refractivity contribution is -0.133. The van der Waals surface area contributed by atoms with Crippen molar-refractivity contribution in [1.82, 2.24) is 4.90 Å². The lowest BCUT2D eigenvalue weighted by Gasteiger charge is -2.19. The van der Waals surface area contributed by atoms with Crippen molar-refractivity contribution in [1.29, 1.82) is 0 Å². The van der Waals surface area contributed by atoms with Gasteiger partial charge in [-0.05, 0) is 6.42 Å². The van der Waals surface area contributed by atoms with Gasteiger partial charge in [-0.25, -0.2) is 0 Å². The molecule has 0 aromatic carbocycles. The van der Waals surface area contributed by atoms with E-state index in [-0.39, 0.29) is 11.8 Å². The summed E-state index contributed by atoms with van der Waals surface area (Å²) >= 11 is 5.49. The first-order valence-electron chi connectivity index (χ1n) is 3.94. The summed E-state index contributed by atoms with van der Waals surface area (Å²) in [5.41, 5.74) is 0. The van der Waals surface area contributed by atoms with Crippen LogP contribution in [0.5, 0.6) is 0 Å². The van der Waals surface area contributed by atoms with Gasteiger partial charge in [0.05, 0.1) is 0 Å². The van der Waals surface area contributed by atoms with Crippen LogP contribution >= 0.6 is 11.6 Å². The Kier molecular flexibility index (Phi) is 5.30. The lowest BCUT2D eigenvalue weighted by atomic mass is 10.1. The molecule has 1 amide bonds. The average Bonchev–Trinajstić information content (AvgIpc) is 2.02. The molecule has 0 fully saturated rings. The van der Waals surface area contributed by atoms with E-state index in [1.807, 2.05) is 13.8 Å². The second-order valence-electron chi connectivity index (χ2n) is 2.76. The molecule has 0 N–H and O–H groups in total. The number of amides is 1. The van der Waals surface area contributed by atoms with Crippen LogP contribution in [0.4, 0.5) is 0 Å². The Balaban J connectivity index is 3.81. The summed E-state index contributed by atoms with van der Waals surface area (Å²) in [5, 5.41) is 0. The molecule has 0 aliphatic carbocycles. The van der Waals surface area contributed by atoms with E-state index in [0.717, 1.165) is 6.42 Å². The van der Waals surface area contributed by atoms with Crippen molar-refractivity contribution in [3.63, 3.8) is 0 Å². The van der Waals surface area contributed by atoms with Crippen LogP contribution in [0.3, 0.4) is 0 Å². The standard InChI is InChI=1S/C8H16ClNO/c1-4-7(2)8(11)10(3)6-5-9/h7H,4-6H2,1-3H3. The van der Waals surface area contributed by atoms with Gasteiger partial charge in [-0.2, -0.15) is 0 Å². The van der Waals surface area contributed by atoms with Crippen LogP contribution < -0.4 is 0 Å². The van der Waals surface area contributed by atoms with E-state index in [2.05, 4.69) is 0 Å². The Morgan fingerprint density at radius 2 is 2.18 bits per heavy atom. The first-order valence-corrected chi connectivity index (χ1v) is 4.47. The van der Waals surface area contributed by atoms with Gasteiger partial charge >= 0.3 is 0 Å². The van der Waals surface area contributed by atoms with Crippen LogP contribution in [0.15, 0.2) is 0 Å². The van der Waals surface area contributed by atoms with E-state index in [0.29, 0.717) is 12.4 Å². The zero-order valence-electron chi connectivity index (χ0n) is 7.43. The molecule has 0 radical (unpaired) electrons. The number of nitrogens with zero attached hydrogens (tertiary/aromatic N) is 1. The summed E-state index contributed by atoms with van der Waals surface area (Å²) in [5.74, 6) is 0.829. The third-order valence-corrected chi connectivity index (χ3v) is 2.00. The molecule has 0 rings (SSSR count). The van der Waals surface area contributed by atoms with Crippen molar-refractivity contribution in [3.05, 3.63) is 0 Å². The van der Waals surface area contributed by atoms with Crippen LogP contribution in [0.25, 0.3) is 0 Å². The van der Waals surface area contributed by atoms with Crippen molar-refractivity contribution in [2.45, 2.75) is 20.3 Å².